The van der Waals surface area contributed by atoms with Crippen LogP contribution in [0.2, 0.25) is 19.6 Å². The second-order valence-electron chi connectivity index (χ2n) is 11.7. The number of ether oxygens (including phenoxy) is 1. The van der Waals surface area contributed by atoms with Gasteiger partial charge < -0.3 is 19.0 Å². The minimum Gasteiger partial charge on any atom is -0.456 e. The van der Waals surface area contributed by atoms with Gasteiger partial charge in [-0.1, -0.05) is 30.8 Å². The molecule has 0 N–H and O–H groups in total. The topological polar surface area (TPSA) is 119 Å². The number of non-ortho nitro benzene ring substituents is 1. The van der Waals surface area contributed by atoms with Crippen molar-refractivity contribution >= 4 is 43.6 Å². The third-order valence-corrected chi connectivity index (χ3v) is 10.2. The molecular weight excluding hydrogens is 587 g/mol. The Morgan fingerprint density at radius 1 is 1.09 bits per heavy atom. The molecule has 10 nitrogen and oxygen atoms in total. The summed E-state index contributed by atoms with van der Waals surface area (Å²) in [4.78, 5) is 55.9. The van der Waals surface area contributed by atoms with E-state index in [1.807, 2.05) is 45.9 Å². The van der Waals surface area contributed by atoms with E-state index >= 15 is 0 Å². The van der Waals surface area contributed by atoms with Crippen molar-refractivity contribution in [1.82, 2.24) is 9.80 Å². The highest BCUT2D eigenvalue weighted by atomic mass is 32.2. The number of hydrogen-bond acceptors (Lipinski definition) is 8. The van der Waals surface area contributed by atoms with Crippen molar-refractivity contribution in [1.29, 1.82) is 0 Å². The minimum atomic E-state index is -1.94. The van der Waals surface area contributed by atoms with Crippen LogP contribution in [0.15, 0.2) is 64.0 Å². The van der Waals surface area contributed by atoms with Gasteiger partial charge in [0.25, 0.3) is 11.6 Å². The van der Waals surface area contributed by atoms with Gasteiger partial charge in [-0.15, -0.1) is 0 Å². The standard InChI is InChI=1S/C31H39N3O7SSi/c1-8-32(9-2)29(35)23-12-10-11-13-24(23)42-28-19(3)26-25(20(4)41-43(5,6)7)30(36)33(26)27(28)31(37)40-18-21-14-16-22(17-15-21)34(38)39/h10-17,19-20,25-26H,8-9,18H2,1-7H3/t19?,20?,25?,26-/m1/s1. The Balaban J connectivity index is 1.68. The summed E-state index contributed by atoms with van der Waals surface area (Å²) in [6.45, 7) is 15.0. The van der Waals surface area contributed by atoms with E-state index < -0.39 is 25.1 Å². The molecule has 2 aromatic rings. The van der Waals surface area contributed by atoms with Gasteiger partial charge in [-0.2, -0.15) is 0 Å². The molecule has 12 heteroatoms. The SMILES string of the molecule is CCN(CC)C(=O)c1ccccc1SC1=C(C(=O)OCc2ccc([N+](=O)[O-])cc2)N2C(=O)C(C(C)O[Si](C)(C)C)[C@H]2C1C. The summed E-state index contributed by atoms with van der Waals surface area (Å²) in [7, 11) is -1.94. The molecule has 230 valence electrons. The van der Waals surface area contributed by atoms with Crippen molar-refractivity contribution in [3.05, 3.63) is 80.4 Å². The molecule has 1 fully saturated rings. The van der Waals surface area contributed by atoms with Crippen molar-refractivity contribution in [2.24, 2.45) is 11.8 Å². The number of nitro groups is 1. The van der Waals surface area contributed by atoms with Crippen LogP contribution in [0.1, 0.15) is 43.6 Å². The largest absolute Gasteiger partial charge is 0.456 e. The predicted octanol–water partition coefficient (Wildman–Crippen LogP) is 5.84. The lowest BCUT2D eigenvalue weighted by molar-refractivity contribution is -0.384. The number of carbonyl (C=O) groups is 3. The van der Waals surface area contributed by atoms with Crippen LogP contribution in [-0.2, 0) is 25.4 Å². The second kappa shape index (κ2) is 13.0. The van der Waals surface area contributed by atoms with Gasteiger partial charge in [0.2, 0.25) is 5.91 Å². The number of hydrogen-bond donors (Lipinski definition) is 0. The first-order valence-electron chi connectivity index (χ1n) is 14.5. The Bertz CT molecular complexity index is 1440. The van der Waals surface area contributed by atoms with E-state index in [0.717, 1.165) is 0 Å². The maximum absolute atomic E-state index is 13.7. The molecule has 2 aliphatic rings. The Kier molecular flexibility index (Phi) is 9.82. The fraction of sp³-hybridized carbons (Fsp3) is 0.452. The molecule has 0 spiro atoms. The molecule has 0 bridgehead atoms. The van der Waals surface area contributed by atoms with Crippen LogP contribution in [0.4, 0.5) is 5.69 Å². The van der Waals surface area contributed by atoms with E-state index in [9.17, 15) is 24.5 Å². The third kappa shape index (κ3) is 6.71. The summed E-state index contributed by atoms with van der Waals surface area (Å²) in [6.07, 6.45) is -0.318. The zero-order chi connectivity index (χ0) is 31.6. The highest BCUT2D eigenvalue weighted by molar-refractivity contribution is 8.03. The third-order valence-electron chi connectivity index (χ3n) is 7.73. The first kappa shape index (κ1) is 32.4. The summed E-state index contributed by atoms with van der Waals surface area (Å²) in [5.41, 5.74) is 1.23. The van der Waals surface area contributed by atoms with E-state index in [1.165, 1.54) is 40.9 Å². The number of amides is 2. The van der Waals surface area contributed by atoms with Gasteiger partial charge in [0.1, 0.15) is 12.3 Å². The summed E-state index contributed by atoms with van der Waals surface area (Å²) in [5.74, 6) is -1.57. The van der Waals surface area contributed by atoms with Crippen molar-refractivity contribution < 1.29 is 28.5 Å². The second-order valence-corrected chi connectivity index (χ2v) is 17.3. The lowest BCUT2D eigenvalue weighted by atomic mass is 9.79. The average molecular weight is 626 g/mol. The van der Waals surface area contributed by atoms with Crippen molar-refractivity contribution in [3.8, 4) is 0 Å². The number of esters is 1. The number of carbonyl (C=O) groups excluding carboxylic acids is 3. The Hall–Kier alpha value is -3.48. The van der Waals surface area contributed by atoms with E-state index in [1.54, 1.807) is 11.0 Å². The molecule has 2 amide bonds. The predicted molar refractivity (Wildman–Crippen MR) is 167 cm³/mol. The number of fused-ring (bicyclic) bond motifs is 1. The average Bonchev–Trinajstić information content (AvgIpc) is 3.19. The fourth-order valence-corrected chi connectivity index (χ4v) is 8.24. The molecule has 0 aliphatic carbocycles. The highest BCUT2D eigenvalue weighted by Crippen LogP contribution is 2.53. The quantitative estimate of drug-likeness (QED) is 0.0949. The van der Waals surface area contributed by atoms with Crippen molar-refractivity contribution in [2.75, 3.05) is 13.1 Å². The molecule has 0 aromatic heterocycles. The van der Waals surface area contributed by atoms with Crippen LogP contribution in [0, 0.1) is 22.0 Å². The lowest BCUT2D eigenvalue weighted by Gasteiger charge is -2.48. The summed E-state index contributed by atoms with van der Waals surface area (Å²) < 4.78 is 12.0. The monoisotopic (exact) mass is 625 g/mol. The van der Waals surface area contributed by atoms with Crippen LogP contribution in [-0.4, -0.2) is 66.1 Å². The smallest absolute Gasteiger partial charge is 0.356 e. The van der Waals surface area contributed by atoms with Gasteiger partial charge in [-0.3, -0.25) is 19.7 Å². The number of nitrogens with zero attached hydrogens (tertiary/aromatic N) is 3. The van der Waals surface area contributed by atoms with Gasteiger partial charge in [0, 0.05) is 40.9 Å². The Morgan fingerprint density at radius 2 is 1.72 bits per heavy atom. The Labute approximate surface area is 257 Å². The van der Waals surface area contributed by atoms with Gasteiger partial charge in [0.15, 0.2) is 8.32 Å². The van der Waals surface area contributed by atoms with Crippen LogP contribution in [0.25, 0.3) is 0 Å². The maximum Gasteiger partial charge on any atom is 0.356 e. The summed E-state index contributed by atoms with van der Waals surface area (Å²) in [5, 5.41) is 11.0. The van der Waals surface area contributed by atoms with Gasteiger partial charge in [-0.05, 0) is 70.2 Å². The van der Waals surface area contributed by atoms with E-state index in [0.29, 0.717) is 34.0 Å². The molecule has 43 heavy (non-hydrogen) atoms. The fourth-order valence-electron chi connectivity index (χ4n) is 5.73. The minimum absolute atomic E-state index is 0.0614. The summed E-state index contributed by atoms with van der Waals surface area (Å²) >= 11 is 1.32. The molecule has 0 radical (unpaired) electrons. The lowest BCUT2D eigenvalue weighted by Crippen LogP contribution is -2.64. The van der Waals surface area contributed by atoms with Gasteiger partial charge in [-0.25, -0.2) is 4.79 Å². The number of thioether (sulfide) groups is 1. The molecular formula is C31H39N3O7SSi. The molecule has 0 saturated carbocycles. The van der Waals surface area contributed by atoms with Crippen molar-refractivity contribution in [3.63, 3.8) is 0 Å². The normalized spacial score (nSPS) is 20.4. The van der Waals surface area contributed by atoms with Gasteiger partial charge >= 0.3 is 5.97 Å². The van der Waals surface area contributed by atoms with Crippen LogP contribution in [0.5, 0.6) is 0 Å². The summed E-state index contributed by atoms with van der Waals surface area (Å²) in [6, 6.07) is 12.8. The van der Waals surface area contributed by atoms with Crippen LogP contribution >= 0.6 is 11.8 Å². The molecule has 4 atom stereocenters. The first-order valence-corrected chi connectivity index (χ1v) is 18.7. The number of rotatable bonds is 12. The molecule has 2 aliphatic heterocycles. The van der Waals surface area contributed by atoms with E-state index in [4.69, 9.17) is 9.16 Å². The Morgan fingerprint density at radius 3 is 2.30 bits per heavy atom. The van der Waals surface area contributed by atoms with Gasteiger partial charge in [0.05, 0.1) is 28.6 Å². The molecule has 2 aromatic carbocycles. The molecule has 1 saturated heterocycles. The number of benzene rings is 2. The van der Waals surface area contributed by atoms with Crippen molar-refractivity contribution in [2.45, 2.75) is 71.0 Å². The number of β-lactam (4-membered cyclic amide) rings is 1. The maximum atomic E-state index is 13.7. The van der Waals surface area contributed by atoms with E-state index in [2.05, 4.69) is 19.6 Å². The first-order chi connectivity index (χ1) is 20.3. The zero-order valence-corrected chi connectivity index (χ0v) is 27.5. The molecule has 3 unspecified atom stereocenters. The van der Waals surface area contributed by atoms with E-state index in [-0.39, 0.29) is 47.9 Å². The van der Waals surface area contributed by atoms with Crippen LogP contribution in [0.3, 0.4) is 0 Å². The number of nitro benzene ring substituents is 1. The molecule has 2 heterocycles. The zero-order valence-electron chi connectivity index (χ0n) is 25.7. The molecule has 4 rings (SSSR count). The van der Waals surface area contributed by atoms with Crippen LogP contribution < -0.4 is 0 Å². The highest BCUT2D eigenvalue weighted by Gasteiger charge is 2.61.